The van der Waals surface area contributed by atoms with Crippen molar-refractivity contribution in [3.8, 4) is 22.6 Å². The molecule has 4 aromatic carbocycles. The van der Waals surface area contributed by atoms with E-state index in [1.165, 1.54) is 18.2 Å². The molecule has 0 radical (unpaired) electrons. The van der Waals surface area contributed by atoms with Gasteiger partial charge in [0.05, 0.1) is 22.7 Å². The van der Waals surface area contributed by atoms with Gasteiger partial charge in [-0.25, -0.2) is 4.79 Å². The van der Waals surface area contributed by atoms with Gasteiger partial charge in [0.1, 0.15) is 17.1 Å². The molecule has 4 aromatic rings. The van der Waals surface area contributed by atoms with Crippen LogP contribution in [-0.4, -0.2) is 21.3 Å². The molecule has 34 heavy (non-hydrogen) atoms. The summed E-state index contributed by atoms with van der Waals surface area (Å²) >= 11 is 0. The number of nitrogens with zero attached hydrogens (tertiary/aromatic N) is 4. The maximum absolute atomic E-state index is 11.1. The Morgan fingerprint density at radius 3 is 1.47 bits per heavy atom. The van der Waals surface area contributed by atoms with Gasteiger partial charge in [0, 0.05) is 0 Å². The molecule has 0 atom stereocenters. The molecule has 0 amide bonds. The first kappa shape index (κ1) is 22.3. The lowest BCUT2D eigenvalue weighted by Gasteiger charge is -2.03. The minimum Gasteiger partial charge on any atom is -0.508 e. The maximum atomic E-state index is 11.1. The zero-order valence-corrected chi connectivity index (χ0v) is 18.1. The fraction of sp³-hybridized carbons (Fsp3) is 0.0385. The lowest BCUT2D eigenvalue weighted by molar-refractivity contribution is 0.0693. The molecule has 0 fully saturated rings. The third-order valence-corrected chi connectivity index (χ3v) is 5.02. The molecular formula is C26H20N4O4. The maximum Gasteiger partial charge on any atom is 0.339 e. The normalized spacial score (nSPS) is 11.3. The topological polar surface area (TPSA) is 127 Å². The summed E-state index contributed by atoms with van der Waals surface area (Å²) in [6.07, 6.45) is 0. The van der Waals surface area contributed by atoms with Gasteiger partial charge in [-0.2, -0.15) is 20.5 Å². The van der Waals surface area contributed by atoms with Gasteiger partial charge in [-0.3, -0.25) is 0 Å². The number of rotatable bonds is 6. The van der Waals surface area contributed by atoms with Crippen molar-refractivity contribution in [2.45, 2.75) is 6.92 Å². The van der Waals surface area contributed by atoms with Crippen LogP contribution in [0.25, 0.3) is 11.1 Å². The minimum absolute atomic E-state index is 0.225. The number of aryl methyl sites for hydroxylation is 1. The van der Waals surface area contributed by atoms with Crippen LogP contribution in [0.2, 0.25) is 0 Å². The Labute approximate surface area is 195 Å². The second-order valence-corrected chi connectivity index (χ2v) is 7.47. The SMILES string of the molecule is Cc1cc(N=Nc2ccc(-c3ccc(N=Nc4ccc(O)c(C(=O)O)c4)cc3)cc2)ccc1O. The highest BCUT2D eigenvalue weighted by Gasteiger charge is 2.09. The van der Waals surface area contributed by atoms with E-state index in [4.69, 9.17) is 5.11 Å². The average Bonchev–Trinajstić information content (AvgIpc) is 2.85. The summed E-state index contributed by atoms with van der Waals surface area (Å²) in [5.74, 6) is -1.33. The van der Waals surface area contributed by atoms with Crippen LogP contribution >= 0.6 is 0 Å². The molecular weight excluding hydrogens is 432 g/mol. The molecule has 0 aliphatic rings. The van der Waals surface area contributed by atoms with Crippen LogP contribution in [-0.2, 0) is 0 Å². The minimum atomic E-state index is -1.23. The number of carbonyl (C=O) groups is 1. The van der Waals surface area contributed by atoms with E-state index in [2.05, 4.69) is 20.5 Å². The zero-order valence-electron chi connectivity index (χ0n) is 18.1. The van der Waals surface area contributed by atoms with E-state index in [-0.39, 0.29) is 17.1 Å². The number of aromatic hydroxyl groups is 2. The Morgan fingerprint density at radius 2 is 1.00 bits per heavy atom. The number of azo groups is 2. The van der Waals surface area contributed by atoms with Crippen LogP contribution in [0.4, 0.5) is 22.7 Å². The van der Waals surface area contributed by atoms with Gasteiger partial charge in [-0.15, -0.1) is 0 Å². The van der Waals surface area contributed by atoms with E-state index in [1.807, 2.05) is 36.4 Å². The number of hydrogen-bond acceptors (Lipinski definition) is 7. The molecule has 0 bridgehead atoms. The second kappa shape index (κ2) is 9.74. The van der Waals surface area contributed by atoms with Crippen LogP contribution in [0.1, 0.15) is 15.9 Å². The van der Waals surface area contributed by atoms with E-state index in [0.29, 0.717) is 22.7 Å². The molecule has 4 rings (SSSR count). The fourth-order valence-corrected chi connectivity index (χ4v) is 3.13. The van der Waals surface area contributed by atoms with Crippen LogP contribution in [0, 0.1) is 6.92 Å². The highest BCUT2D eigenvalue weighted by molar-refractivity contribution is 5.91. The number of aromatic carboxylic acids is 1. The average molecular weight is 452 g/mol. The predicted molar refractivity (Wildman–Crippen MR) is 128 cm³/mol. The number of hydrogen-bond donors (Lipinski definition) is 3. The van der Waals surface area contributed by atoms with Gasteiger partial charge in [-0.05, 0) is 84.3 Å². The summed E-state index contributed by atoms with van der Waals surface area (Å²) in [5, 5.41) is 44.9. The first-order valence-electron chi connectivity index (χ1n) is 10.3. The van der Waals surface area contributed by atoms with Crippen LogP contribution < -0.4 is 0 Å². The van der Waals surface area contributed by atoms with E-state index >= 15 is 0 Å². The van der Waals surface area contributed by atoms with Crippen molar-refractivity contribution in [3.05, 3.63) is 96.1 Å². The molecule has 0 saturated heterocycles. The lowest BCUT2D eigenvalue weighted by Crippen LogP contribution is -1.95. The summed E-state index contributed by atoms with van der Waals surface area (Å²) in [4.78, 5) is 11.1. The number of phenols is 2. The van der Waals surface area contributed by atoms with Crippen molar-refractivity contribution in [3.63, 3.8) is 0 Å². The van der Waals surface area contributed by atoms with Crippen molar-refractivity contribution in [2.24, 2.45) is 20.5 Å². The number of phenolic OH excluding ortho intramolecular Hbond substituents is 1. The molecule has 0 unspecified atom stereocenters. The fourth-order valence-electron chi connectivity index (χ4n) is 3.13. The third kappa shape index (κ3) is 5.31. The predicted octanol–water partition coefficient (Wildman–Crippen LogP) is 7.60. The van der Waals surface area contributed by atoms with E-state index < -0.39 is 5.97 Å². The highest BCUT2D eigenvalue weighted by atomic mass is 16.4. The van der Waals surface area contributed by atoms with Gasteiger partial charge < -0.3 is 15.3 Å². The van der Waals surface area contributed by atoms with Gasteiger partial charge in [0.25, 0.3) is 0 Å². The third-order valence-electron chi connectivity index (χ3n) is 5.02. The molecule has 0 heterocycles. The quantitative estimate of drug-likeness (QED) is 0.260. The summed E-state index contributed by atoms with van der Waals surface area (Å²) < 4.78 is 0. The largest absolute Gasteiger partial charge is 0.508 e. The Hall–Kier alpha value is -4.85. The van der Waals surface area contributed by atoms with Gasteiger partial charge in [0.15, 0.2) is 0 Å². The first-order chi connectivity index (χ1) is 16.4. The highest BCUT2D eigenvalue weighted by Crippen LogP contribution is 2.29. The van der Waals surface area contributed by atoms with Crippen LogP contribution in [0.3, 0.4) is 0 Å². The standard InChI is InChI=1S/C26H20N4O4/c1-16-14-21(10-12-24(16)31)29-27-19-6-2-17(3-7-19)18-4-8-20(9-5-18)28-30-22-11-13-25(32)23(15-22)26(33)34/h2-15,31-32H,1H3,(H,33,34). The molecule has 0 saturated carbocycles. The van der Waals surface area contributed by atoms with E-state index in [9.17, 15) is 15.0 Å². The lowest BCUT2D eigenvalue weighted by atomic mass is 10.1. The van der Waals surface area contributed by atoms with Gasteiger partial charge >= 0.3 is 5.97 Å². The number of benzene rings is 4. The molecule has 3 N–H and O–H groups in total. The van der Waals surface area contributed by atoms with E-state index in [1.54, 1.807) is 37.3 Å². The van der Waals surface area contributed by atoms with Crippen molar-refractivity contribution in [1.82, 2.24) is 0 Å². The Bertz CT molecular complexity index is 1400. The monoisotopic (exact) mass is 452 g/mol. The molecule has 0 aliphatic heterocycles. The Morgan fingerprint density at radius 1 is 0.588 bits per heavy atom. The van der Waals surface area contributed by atoms with Gasteiger partial charge in [0.2, 0.25) is 0 Å². The number of carboxylic acids is 1. The zero-order chi connectivity index (χ0) is 24.1. The molecule has 0 aliphatic carbocycles. The summed E-state index contributed by atoms with van der Waals surface area (Å²) in [6, 6.07) is 24.1. The van der Waals surface area contributed by atoms with Crippen molar-refractivity contribution in [1.29, 1.82) is 0 Å². The Kier molecular flexibility index (Phi) is 6.40. The van der Waals surface area contributed by atoms with E-state index in [0.717, 1.165) is 16.7 Å². The van der Waals surface area contributed by atoms with Crippen LogP contribution in [0.15, 0.2) is 105 Å². The van der Waals surface area contributed by atoms with Crippen molar-refractivity contribution in [2.75, 3.05) is 0 Å². The van der Waals surface area contributed by atoms with Crippen molar-refractivity contribution >= 4 is 28.7 Å². The first-order valence-corrected chi connectivity index (χ1v) is 10.3. The smallest absolute Gasteiger partial charge is 0.339 e. The molecule has 8 heteroatoms. The Balaban J connectivity index is 1.44. The molecule has 8 nitrogen and oxygen atoms in total. The summed E-state index contributed by atoms with van der Waals surface area (Å²) in [6.45, 7) is 1.80. The summed E-state index contributed by atoms with van der Waals surface area (Å²) in [5.41, 5.74) is 4.78. The van der Waals surface area contributed by atoms with Gasteiger partial charge in [-0.1, -0.05) is 24.3 Å². The van der Waals surface area contributed by atoms with Crippen molar-refractivity contribution < 1.29 is 20.1 Å². The molecule has 0 spiro atoms. The summed E-state index contributed by atoms with van der Waals surface area (Å²) in [7, 11) is 0. The second-order valence-electron chi connectivity index (χ2n) is 7.47. The van der Waals surface area contributed by atoms with Crippen LogP contribution in [0.5, 0.6) is 11.5 Å². The molecule has 0 aromatic heterocycles. The number of carboxylic acid groups (broad SMARTS) is 1. The molecule has 168 valence electrons.